The molecule has 0 bridgehead atoms. The average molecular weight is 234 g/mol. The van der Waals surface area contributed by atoms with Gasteiger partial charge in [0.05, 0.1) is 0 Å². The third kappa shape index (κ3) is 4.26. The molecule has 0 aliphatic rings. The van der Waals surface area contributed by atoms with Gasteiger partial charge in [-0.05, 0) is 0 Å². The molecule has 0 fully saturated rings. The van der Waals surface area contributed by atoms with E-state index in [-0.39, 0.29) is 4.78 Å². The normalized spacial score (nSPS) is 12.0. The van der Waals surface area contributed by atoms with Crippen molar-refractivity contribution in [2.45, 2.75) is 24.0 Å². The predicted octanol–water partition coefficient (Wildman–Crippen LogP) is 2.06. The van der Waals surface area contributed by atoms with E-state index < -0.39 is 5.97 Å². The minimum atomic E-state index is -0.754. The van der Waals surface area contributed by atoms with Gasteiger partial charge in [-0.3, -0.25) is 0 Å². The summed E-state index contributed by atoms with van der Waals surface area (Å²) in [6.07, 6.45) is 2.43. The van der Waals surface area contributed by atoms with Crippen LogP contribution in [0.25, 0.3) is 0 Å². The van der Waals surface area contributed by atoms with E-state index in [9.17, 15) is 4.79 Å². The van der Waals surface area contributed by atoms with Crippen molar-refractivity contribution in [2.24, 2.45) is 0 Å². The van der Waals surface area contributed by atoms with Crippen LogP contribution in [0.2, 0.25) is 4.78 Å². The summed E-state index contributed by atoms with van der Waals surface area (Å²) in [5.41, 5.74) is 1.18. The number of hydrogen-bond acceptors (Lipinski definition) is 2. The Morgan fingerprint density at radius 1 is 1.56 bits per heavy atom. The van der Waals surface area contributed by atoms with Gasteiger partial charge in [0.15, 0.2) is 0 Å². The molecule has 0 spiro atoms. The van der Waals surface area contributed by atoms with Gasteiger partial charge in [-0.15, -0.1) is 0 Å². The molecule has 83 valence electrons. The molecule has 4 heteroatoms. The van der Waals surface area contributed by atoms with Crippen LogP contribution in [0.4, 0.5) is 0 Å². The third-order valence-corrected chi connectivity index (χ3v) is 3.05. The quantitative estimate of drug-likeness (QED) is 0.766. The second-order valence-corrected chi connectivity index (χ2v) is 4.49. The third-order valence-electron chi connectivity index (χ3n) is 2.43. The summed E-state index contributed by atoms with van der Waals surface area (Å²) in [6.45, 7) is 0. The maximum atomic E-state index is 10.6. The standard InChI is InChI=1S/C12H15O3.Al/c1-15-11-7-4-6-10(9-11)5-2-3-8-12(13)14;/h4,6-9H,2-3,5H2,1H3,(H,13,14);/q;+1. The second-order valence-electron chi connectivity index (χ2n) is 3.69. The van der Waals surface area contributed by atoms with Crippen molar-refractivity contribution < 1.29 is 14.6 Å². The molecule has 0 saturated heterocycles. The first kappa shape index (κ1) is 13.1. The Balaban J connectivity index is 2.39. The van der Waals surface area contributed by atoms with Gasteiger partial charge in [-0.2, -0.15) is 0 Å². The number of benzene rings is 1. The van der Waals surface area contributed by atoms with Gasteiger partial charge in [0.1, 0.15) is 0 Å². The Morgan fingerprint density at radius 2 is 2.31 bits per heavy atom. The van der Waals surface area contributed by atoms with Crippen LogP contribution in [0.1, 0.15) is 18.4 Å². The predicted molar refractivity (Wildman–Crippen MR) is 63.1 cm³/mol. The van der Waals surface area contributed by atoms with Gasteiger partial charge in [0.2, 0.25) is 0 Å². The Labute approximate surface area is 104 Å². The van der Waals surface area contributed by atoms with E-state index in [1.54, 1.807) is 7.11 Å². The molecule has 16 heavy (non-hydrogen) atoms. The van der Waals surface area contributed by atoms with Crippen LogP contribution in [0.5, 0.6) is 5.75 Å². The number of carbonyl (C=O) groups is 1. The maximum absolute atomic E-state index is 10.6. The average Bonchev–Trinajstić information content (AvgIpc) is 2.29. The number of hydrogen-bond donors (Lipinski definition) is 1. The van der Waals surface area contributed by atoms with Crippen LogP contribution >= 0.6 is 0 Å². The summed E-state index contributed by atoms with van der Waals surface area (Å²) >= 11 is 2.36. The molecule has 1 unspecified atom stereocenters. The van der Waals surface area contributed by atoms with Crippen LogP contribution < -0.4 is 4.74 Å². The van der Waals surface area contributed by atoms with Crippen molar-refractivity contribution in [3.63, 3.8) is 0 Å². The zero-order valence-electron chi connectivity index (χ0n) is 9.35. The van der Waals surface area contributed by atoms with Crippen molar-refractivity contribution in [2.75, 3.05) is 7.11 Å². The number of aliphatic carboxylic acids is 1. The van der Waals surface area contributed by atoms with Crippen molar-refractivity contribution in [3.05, 3.63) is 29.8 Å². The van der Waals surface area contributed by atoms with Crippen LogP contribution in [0.3, 0.4) is 0 Å². The molecule has 1 N–H and O–H groups in total. The first-order chi connectivity index (χ1) is 7.63. The van der Waals surface area contributed by atoms with Gasteiger partial charge >= 0.3 is 104 Å². The zero-order chi connectivity index (χ0) is 12.0. The summed E-state index contributed by atoms with van der Waals surface area (Å²) in [6, 6.07) is 7.86. The van der Waals surface area contributed by atoms with E-state index in [1.807, 2.05) is 24.3 Å². The number of aryl methyl sites for hydroxylation is 1. The number of methoxy groups -OCH3 is 1. The minimum absolute atomic E-state index is 0.342. The van der Waals surface area contributed by atoms with E-state index in [4.69, 9.17) is 9.84 Å². The van der Waals surface area contributed by atoms with Crippen LogP contribution in [-0.2, 0) is 11.2 Å². The van der Waals surface area contributed by atoms with Crippen LogP contribution in [-0.4, -0.2) is 34.5 Å². The fourth-order valence-corrected chi connectivity index (χ4v) is 1.71. The first-order valence-corrected chi connectivity index (χ1v) is 5.91. The number of ether oxygens (including phenoxy) is 1. The Morgan fingerprint density at radius 3 is 2.94 bits per heavy atom. The molecular formula is C12H15AlO3+. The fourth-order valence-electron chi connectivity index (χ4n) is 1.48. The van der Waals surface area contributed by atoms with Gasteiger partial charge in [0, 0.05) is 0 Å². The van der Waals surface area contributed by atoms with E-state index in [0.29, 0.717) is 6.42 Å². The molecule has 0 amide bonds. The molecule has 1 atom stereocenters. The molecule has 0 aliphatic carbocycles. The van der Waals surface area contributed by atoms with Gasteiger partial charge < -0.3 is 0 Å². The summed E-state index contributed by atoms with van der Waals surface area (Å²) in [4.78, 5) is 10.6. The molecule has 1 rings (SSSR count). The van der Waals surface area contributed by atoms with Crippen molar-refractivity contribution in [3.8, 4) is 5.75 Å². The summed E-state index contributed by atoms with van der Waals surface area (Å²) in [7, 11) is 1.64. The number of rotatable bonds is 6. The zero-order valence-corrected chi connectivity index (χ0v) is 10.5. The summed E-state index contributed by atoms with van der Waals surface area (Å²) in [5.74, 6) is 0.0915. The molecule has 1 aromatic rings. The van der Waals surface area contributed by atoms with E-state index in [0.717, 1.165) is 18.6 Å². The number of carboxylic acids is 1. The van der Waals surface area contributed by atoms with Crippen LogP contribution in [0.15, 0.2) is 24.3 Å². The van der Waals surface area contributed by atoms with Gasteiger partial charge in [-0.1, -0.05) is 0 Å². The van der Waals surface area contributed by atoms with E-state index in [2.05, 4.69) is 16.3 Å². The molecule has 0 heterocycles. The van der Waals surface area contributed by atoms with E-state index in [1.165, 1.54) is 5.56 Å². The summed E-state index contributed by atoms with van der Waals surface area (Å²) in [5, 5.41) is 8.72. The SMILES string of the molecule is COc1cccc(CCC[CH]([Al+])C(=O)O)c1. The fraction of sp³-hybridized carbons (Fsp3) is 0.417. The molecule has 0 saturated carbocycles. The van der Waals surface area contributed by atoms with Gasteiger partial charge in [-0.25, -0.2) is 0 Å². The molecular weight excluding hydrogens is 219 g/mol. The van der Waals surface area contributed by atoms with Crippen molar-refractivity contribution in [1.29, 1.82) is 0 Å². The Bertz CT molecular complexity index is 352. The van der Waals surface area contributed by atoms with Gasteiger partial charge in [0.25, 0.3) is 0 Å². The van der Waals surface area contributed by atoms with Crippen molar-refractivity contribution in [1.82, 2.24) is 0 Å². The van der Waals surface area contributed by atoms with Crippen LogP contribution in [0, 0.1) is 0 Å². The molecule has 1 aromatic carbocycles. The molecule has 3 nitrogen and oxygen atoms in total. The monoisotopic (exact) mass is 234 g/mol. The molecule has 0 aromatic heterocycles. The molecule has 1 radical (unpaired) electrons. The summed E-state index contributed by atoms with van der Waals surface area (Å²) < 4.78 is 4.78. The molecule has 0 aliphatic heterocycles. The Hall–Kier alpha value is -0.978. The van der Waals surface area contributed by atoms with Crippen molar-refractivity contribution >= 4 is 22.3 Å². The van der Waals surface area contributed by atoms with E-state index >= 15 is 0 Å². The first-order valence-electron chi connectivity index (χ1n) is 5.25. The number of carboxylic acid groups (broad SMARTS) is 1. The second kappa shape index (κ2) is 6.57. The Kier molecular flexibility index (Phi) is 5.38. The topological polar surface area (TPSA) is 46.5 Å².